The zero-order valence-electron chi connectivity index (χ0n) is 20.7. The first-order valence-corrected chi connectivity index (χ1v) is 16.0. The summed E-state index contributed by atoms with van der Waals surface area (Å²) in [5.74, 6) is 0.110. The van der Waals surface area contributed by atoms with Gasteiger partial charge in [-0.15, -0.1) is 0 Å². The summed E-state index contributed by atoms with van der Waals surface area (Å²) >= 11 is 0. The van der Waals surface area contributed by atoms with Crippen molar-refractivity contribution < 1.29 is 13.6 Å². The number of rotatable bonds is 8. The molecule has 27 heavy (non-hydrogen) atoms. The Balaban J connectivity index is 5.54. The first-order valence-electron chi connectivity index (χ1n) is 10.2. The molecule has 162 valence electrons. The number of hydrogen-bond acceptors (Lipinski definition) is 3. The lowest BCUT2D eigenvalue weighted by Crippen LogP contribution is -2.53. The maximum Gasteiger partial charge on any atom is 0.230 e. The van der Waals surface area contributed by atoms with Gasteiger partial charge in [-0.1, -0.05) is 41.5 Å². The van der Waals surface area contributed by atoms with Crippen LogP contribution in [0.2, 0.25) is 36.3 Å². The maximum absolute atomic E-state index is 12.9. The molecule has 0 saturated heterocycles. The molecule has 6 heteroatoms. The van der Waals surface area contributed by atoms with Crippen LogP contribution in [0.25, 0.3) is 0 Å². The number of hydrogen-bond donors (Lipinski definition) is 0. The van der Waals surface area contributed by atoms with Crippen LogP contribution in [-0.2, 0) is 13.6 Å². The summed E-state index contributed by atoms with van der Waals surface area (Å²) in [4.78, 5) is 14.6. The van der Waals surface area contributed by atoms with E-state index in [1.807, 2.05) is 27.9 Å². The summed E-state index contributed by atoms with van der Waals surface area (Å²) in [7, 11) is -0.182. The van der Waals surface area contributed by atoms with Crippen LogP contribution in [0.5, 0.6) is 0 Å². The zero-order valence-corrected chi connectivity index (χ0v) is 22.7. The molecule has 0 fully saturated rings. The van der Waals surface area contributed by atoms with Gasteiger partial charge in [-0.05, 0) is 56.5 Å². The Bertz CT molecular complexity index is 501. The van der Waals surface area contributed by atoms with Crippen molar-refractivity contribution in [1.82, 2.24) is 4.90 Å². The second-order valence-electron chi connectivity index (χ2n) is 11.7. The molecule has 1 amide bonds. The number of carbonyl (C=O) groups excluding carboxylic acids is 1. The van der Waals surface area contributed by atoms with Crippen LogP contribution in [0, 0.1) is 5.41 Å². The summed E-state index contributed by atoms with van der Waals surface area (Å²) in [6.45, 7) is 27.2. The smallest absolute Gasteiger partial charge is 0.230 e. The monoisotopic (exact) mass is 417 g/mol. The first-order chi connectivity index (χ1) is 11.7. The van der Waals surface area contributed by atoms with Crippen LogP contribution in [0.4, 0.5) is 0 Å². The van der Waals surface area contributed by atoms with E-state index in [1.54, 1.807) is 4.90 Å². The van der Waals surface area contributed by atoms with Crippen molar-refractivity contribution in [3.8, 4) is 0 Å². The Hall–Kier alpha value is -0.176. The van der Waals surface area contributed by atoms with E-state index in [2.05, 4.69) is 67.7 Å². The van der Waals surface area contributed by atoms with E-state index < -0.39 is 22.0 Å². The van der Waals surface area contributed by atoms with E-state index >= 15 is 0 Å². The van der Waals surface area contributed by atoms with Crippen molar-refractivity contribution in [1.29, 1.82) is 0 Å². The van der Waals surface area contributed by atoms with Crippen LogP contribution in [0.1, 0.15) is 61.8 Å². The largest absolute Gasteiger partial charge is 0.417 e. The highest BCUT2D eigenvalue weighted by molar-refractivity contribution is 6.74. The first kappa shape index (κ1) is 26.8. The number of amides is 1. The zero-order chi connectivity index (χ0) is 22.1. The van der Waals surface area contributed by atoms with Crippen molar-refractivity contribution in [3.63, 3.8) is 0 Å². The van der Waals surface area contributed by atoms with E-state index in [0.717, 1.165) is 6.42 Å². The van der Waals surface area contributed by atoms with Crippen LogP contribution in [0.15, 0.2) is 0 Å². The SMILES string of the molecule is CN(C)C(=O)C(C)(C)[C@@H](CCO[Si](C)(C)C(C)(C)C)O[Si](C)(C)C(C)(C)C. The van der Waals surface area contributed by atoms with E-state index in [0.29, 0.717) is 6.61 Å². The minimum absolute atomic E-state index is 0.1000. The van der Waals surface area contributed by atoms with Crippen LogP contribution in [0.3, 0.4) is 0 Å². The molecule has 0 N–H and O–H groups in total. The Kier molecular flexibility index (Phi) is 8.62. The van der Waals surface area contributed by atoms with Crippen molar-refractivity contribution in [2.24, 2.45) is 5.41 Å². The second kappa shape index (κ2) is 8.68. The molecule has 0 aliphatic rings. The average Bonchev–Trinajstić information content (AvgIpc) is 2.42. The van der Waals surface area contributed by atoms with Gasteiger partial charge < -0.3 is 13.8 Å². The lowest BCUT2D eigenvalue weighted by molar-refractivity contribution is -0.143. The fourth-order valence-electron chi connectivity index (χ4n) is 2.45. The Morgan fingerprint density at radius 3 is 1.59 bits per heavy atom. The number of carbonyl (C=O) groups is 1. The highest BCUT2D eigenvalue weighted by Crippen LogP contribution is 2.41. The minimum atomic E-state index is -2.01. The van der Waals surface area contributed by atoms with Gasteiger partial charge in [-0.25, -0.2) is 0 Å². The van der Waals surface area contributed by atoms with Crippen LogP contribution < -0.4 is 0 Å². The molecule has 0 aliphatic heterocycles. The molecule has 1 atom stereocenters. The molecule has 0 heterocycles. The van der Waals surface area contributed by atoms with Crippen LogP contribution >= 0.6 is 0 Å². The van der Waals surface area contributed by atoms with E-state index in [1.165, 1.54) is 0 Å². The Morgan fingerprint density at radius 2 is 1.26 bits per heavy atom. The van der Waals surface area contributed by atoms with E-state index in [-0.39, 0.29) is 22.1 Å². The lowest BCUT2D eigenvalue weighted by atomic mass is 9.83. The van der Waals surface area contributed by atoms with Crippen LogP contribution in [-0.4, -0.2) is 54.2 Å². The van der Waals surface area contributed by atoms with Crippen molar-refractivity contribution in [2.75, 3.05) is 20.7 Å². The molecule has 0 rings (SSSR count). The molecule has 0 aromatic rings. The third-order valence-corrected chi connectivity index (χ3v) is 15.7. The van der Waals surface area contributed by atoms with Crippen molar-refractivity contribution >= 4 is 22.5 Å². The molecular formula is C21H47NO3Si2. The Morgan fingerprint density at radius 1 is 0.852 bits per heavy atom. The quantitative estimate of drug-likeness (QED) is 0.461. The molecule has 0 radical (unpaired) electrons. The van der Waals surface area contributed by atoms with Gasteiger partial charge in [0.1, 0.15) is 0 Å². The standard InChI is InChI=1S/C21H47NO3Si2/c1-19(2,3)26(11,12)24-16-15-17(21(7,8)18(23)22(9)10)25-27(13,14)20(4,5)6/h17H,15-16H2,1-14H3/t17-/m1/s1. The van der Waals surface area contributed by atoms with Gasteiger partial charge >= 0.3 is 0 Å². The summed E-state index contributed by atoms with van der Waals surface area (Å²) < 4.78 is 13.2. The summed E-state index contributed by atoms with van der Waals surface area (Å²) in [5.41, 5.74) is -0.587. The van der Waals surface area contributed by atoms with Gasteiger partial charge in [0.15, 0.2) is 16.6 Å². The lowest BCUT2D eigenvalue weighted by Gasteiger charge is -2.45. The highest BCUT2D eigenvalue weighted by Gasteiger charge is 2.46. The fraction of sp³-hybridized carbons (Fsp3) is 0.952. The van der Waals surface area contributed by atoms with Gasteiger partial charge in [0, 0.05) is 20.7 Å². The number of nitrogens with zero attached hydrogens (tertiary/aromatic N) is 1. The molecule has 0 aromatic heterocycles. The molecule has 0 spiro atoms. The third kappa shape index (κ3) is 6.98. The van der Waals surface area contributed by atoms with Gasteiger partial charge in [-0.3, -0.25) is 4.79 Å². The summed E-state index contributed by atoms with van der Waals surface area (Å²) in [6.07, 6.45) is 0.587. The van der Waals surface area contributed by atoms with Crippen molar-refractivity contribution in [2.45, 2.75) is 104 Å². The normalized spacial score (nSPS) is 15.6. The predicted molar refractivity (Wildman–Crippen MR) is 122 cm³/mol. The molecular weight excluding hydrogens is 370 g/mol. The predicted octanol–water partition coefficient (Wildman–Crippen LogP) is 5.90. The molecule has 0 saturated carbocycles. The van der Waals surface area contributed by atoms with Gasteiger partial charge in [0.2, 0.25) is 5.91 Å². The van der Waals surface area contributed by atoms with Crippen molar-refractivity contribution in [3.05, 3.63) is 0 Å². The van der Waals surface area contributed by atoms with Gasteiger partial charge in [0.05, 0.1) is 11.5 Å². The average molecular weight is 418 g/mol. The molecule has 4 nitrogen and oxygen atoms in total. The molecule has 0 unspecified atom stereocenters. The summed E-state index contributed by atoms with van der Waals surface area (Å²) in [5, 5.41) is 0.278. The fourth-order valence-corrected chi connectivity index (χ4v) is 4.99. The highest BCUT2D eigenvalue weighted by atomic mass is 28.4. The molecule has 0 bridgehead atoms. The van der Waals surface area contributed by atoms with Gasteiger partial charge in [0.25, 0.3) is 0 Å². The Labute approximate surface area is 171 Å². The maximum atomic E-state index is 12.9. The van der Waals surface area contributed by atoms with E-state index in [4.69, 9.17) is 8.85 Å². The third-order valence-electron chi connectivity index (χ3n) is 6.65. The van der Waals surface area contributed by atoms with E-state index in [9.17, 15) is 4.79 Å². The minimum Gasteiger partial charge on any atom is -0.417 e. The topological polar surface area (TPSA) is 38.8 Å². The second-order valence-corrected chi connectivity index (χ2v) is 21.3. The van der Waals surface area contributed by atoms with Gasteiger partial charge in [-0.2, -0.15) is 0 Å². The summed E-state index contributed by atoms with van der Waals surface area (Å²) in [6, 6.07) is 0. The molecule has 0 aliphatic carbocycles. The molecule has 0 aromatic carbocycles.